The van der Waals surface area contributed by atoms with E-state index in [4.69, 9.17) is 14.0 Å². The average molecular weight is 345 g/mol. The van der Waals surface area contributed by atoms with Crippen molar-refractivity contribution < 1.29 is 18.8 Å². The number of carbonyl (C=O) groups excluding carboxylic acids is 1. The van der Waals surface area contributed by atoms with Crippen molar-refractivity contribution in [3.05, 3.63) is 24.1 Å². The van der Waals surface area contributed by atoms with Crippen molar-refractivity contribution in [1.82, 2.24) is 15.5 Å². The summed E-state index contributed by atoms with van der Waals surface area (Å²) in [6, 6.07) is 5.60. The molecule has 1 aromatic heterocycles. The van der Waals surface area contributed by atoms with Crippen LogP contribution in [0, 0.1) is 0 Å². The Balaban J connectivity index is 1.74. The van der Waals surface area contributed by atoms with Crippen LogP contribution >= 0.6 is 0 Å². The molecule has 2 heterocycles. The van der Waals surface area contributed by atoms with Crippen molar-refractivity contribution >= 4 is 5.91 Å². The van der Waals surface area contributed by atoms with E-state index >= 15 is 0 Å². The van der Waals surface area contributed by atoms with E-state index in [1.54, 1.807) is 7.11 Å². The third-order valence-electron chi connectivity index (χ3n) is 4.00. The van der Waals surface area contributed by atoms with E-state index in [1.807, 2.05) is 32.0 Å². The molecule has 1 aromatic carbocycles. The number of nitrogens with one attached hydrogen (secondary N) is 1. The molecule has 0 radical (unpaired) electrons. The van der Waals surface area contributed by atoms with Gasteiger partial charge in [0.25, 0.3) is 0 Å². The number of hydrogen-bond acceptors (Lipinski definition) is 6. The Morgan fingerprint density at radius 3 is 2.92 bits per heavy atom. The fourth-order valence-electron chi connectivity index (χ4n) is 2.86. The van der Waals surface area contributed by atoms with E-state index in [9.17, 15) is 4.79 Å². The molecule has 1 fully saturated rings. The minimum atomic E-state index is 0.0576. The van der Waals surface area contributed by atoms with Crippen LogP contribution in [0.15, 0.2) is 22.7 Å². The molecule has 0 spiro atoms. The van der Waals surface area contributed by atoms with Crippen LogP contribution in [0.4, 0.5) is 0 Å². The molecule has 0 aliphatic carbocycles. The summed E-state index contributed by atoms with van der Waals surface area (Å²) in [6.45, 7) is 3.92. The number of carbonyl (C=O) groups is 1. The Kier molecular flexibility index (Phi) is 5.21. The first-order chi connectivity index (χ1) is 12.0. The molecule has 1 aliphatic rings. The van der Waals surface area contributed by atoms with Gasteiger partial charge in [-0.3, -0.25) is 4.79 Å². The molecule has 2 aromatic rings. The zero-order chi connectivity index (χ0) is 17.8. The van der Waals surface area contributed by atoms with E-state index in [2.05, 4.69) is 15.5 Å². The van der Waals surface area contributed by atoms with Gasteiger partial charge < -0.3 is 19.3 Å². The van der Waals surface area contributed by atoms with Crippen LogP contribution in [0.3, 0.4) is 0 Å². The summed E-state index contributed by atoms with van der Waals surface area (Å²) in [4.78, 5) is 15.9. The molecular weight excluding hydrogens is 322 g/mol. The Bertz CT molecular complexity index is 742. The van der Waals surface area contributed by atoms with Crippen LogP contribution in [0.2, 0.25) is 0 Å². The van der Waals surface area contributed by atoms with E-state index in [0.717, 1.165) is 18.4 Å². The highest BCUT2D eigenvalue weighted by Crippen LogP contribution is 2.32. The van der Waals surface area contributed by atoms with Crippen molar-refractivity contribution in [2.45, 2.75) is 51.7 Å². The van der Waals surface area contributed by atoms with Crippen LogP contribution in [0.25, 0.3) is 11.4 Å². The van der Waals surface area contributed by atoms with Gasteiger partial charge in [-0.25, -0.2) is 0 Å². The smallest absolute Gasteiger partial charge is 0.229 e. The maximum Gasteiger partial charge on any atom is 0.229 e. The van der Waals surface area contributed by atoms with Gasteiger partial charge in [0, 0.05) is 24.4 Å². The van der Waals surface area contributed by atoms with Gasteiger partial charge in [0.05, 0.1) is 13.2 Å². The SMILES string of the molecule is COc1cc(-c2noc(CC3CCCC(=O)N3)n2)ccc1OC(C)C. The molecule has 25 heavy (non-hydrogen) atoms. The molecule has 7 nitrogen and oxygen atoms in total. The van der Waals surface area contributed by atoms with Crippen LogP contribution < -0.4 is 14.8 Å². The van der Waals surface area contributed by atoms with E-state index in [-0.39, 0.29) is 18.1 Å². The quantitative estimate of drug-likeness (QED) is 0.866. The zero-order valence-corrected chi connectivity index (χ0v) is 14.7. The lowest BCUT2D eigenvalue weighted by atomic mass is 10.0. The maximum absolute atomic E-state index is 11.5. The normalized spacial score (nSPS) is 17.4. The van der Waals surface area contributed by atoms with Gasteiger partial charge in [-0.1, -0.05) is 5.16 Å². The number of methoxy groups -OCH3 is 1. The number of nitrogens with zero attached hydrogens (tertiary/aromatic N) is 2. The lowest BCUT2D eigenvalue weighted by Gasteiger charge is -2.21. The molecule has 1 saturated heterocycles. The lowest BCUT2D eigenvalue weighted by Crippen LogP contribution is -2.40. The number of rotatable bonds is 6. The summed E-state index contributed by atoms with van der Waals surface area (Å²) in [5.74, 6) is 2.39. The minimum absolute atomic E-state index is 0.0576. The first-order valence-corrected chi connectivity index (χ1v) is 8.52. The summed E-state index contributed by atoms with van der Waals surface area (Å²) in [7, 11) is 1.60. The van der Waals surface area contributed by atoms with Gasteiger partial charge in [-0.15, -0.1) is 0 Å². The first kappa shape index (κ1) is 17.3. The molecule has 3 rings (SSSR count). The van der Waals surface area contributed by atoms with Gasteiger partial charge in [0.2, 0.25) is 17.6 Å². The topological polar surface area (TPSA) is 86.5 Å². The van der Waals surface area contributed by atoms with Crippen LogP contribution in [-0.2, 0) is 11.2 Å². The third-order valence-corrected chi connectivity index (χ3v) is 4.00. The molecule has 1 unspecified atom stereocenters. The van der Waals surface area contributed by atoms with E-state index in [1.165, 1.54) is 0 Å². The zero-order valence-electron chi connectivity index (χ0n) is 14.7. The Morgan fingerprint density at radius 1 is 1.36 bits per heavy atom. The molecule has 0 saturated carbocycles. The Hall–Kier alpha value is -2.57. The second-order valence-corrected chi connectivity index (χ2v) is 6.40. The second kappa shape index (κ2) is 7.55. The predicted octanol–water partition coefficient (Wildman–Crippen LogP) is 2.74. The second-order valence-electron chi connectivity index (χ2n) is 6.40. The molecular formula is C18H23N3O4. The maximum atomic E-state index is 11.5. The first-order valence-electron chi connectivity index (χ1n) is 8.52. The largest absolute Gasteiger partial charge is 0.493 e. The monoisotopic (exact) mass is 345 g/mol. The Morgan fingerprint density at radius 2 is 2.20 bits per heavy atom. The van der Waals surface area contributed by atoms with Crippen molar-refractivity contribution in [1.29, 1.82) is 0 Å². The fourth-order valence-corrected chi connectivity index (χ4v) is 2.86. The van der Waals surface area contributed by atoms with Crippen molar-refractivity contribution in [3.63, 3.8) is 0 Å². The van der Waals surface area contributed by atoms with Gasteiger partial charge in [-0.05, 0) is 44.9 Å². The van der Waals surface area contributed by atoms with Gasteiger partial charge in [0.1, 0.15) is 0 Å². The van der Waals surface area contributed by atoms with E-state index in [0.29, 0.717) is 36.1 Å². The molecule has 134 valence electrons. The number of amides is 1. The molecule has 0 bridgehead atoms. The number of ether oxygens (including phenoxy) is 2. The summed E-state index contributed by atoms with van der Waals surface area (Å²) < 4.78 is 16.4. The summed E-state index contributed by atoms with van der Waals surface area (Å²) in [6.07, 6.45) is 3.02. The number of hydrogen-bond donors (Lipinski definition) is 1. The predicted molar refractivity (Wildman–Crippen MR) is 91.5 cm³/mol. The van der Waals surface area contributed by atoms with E-state index < -0.39 is 0 Å². The highest BCUT2D eigenvalue weighted by Gasteiger charge is 2.21. The molecule has 1 amide bonds. The van der Waals surface area contributed by atoms with Crippen molar-refractivity contribution in [2.75, 3.05) is 7.11 Å². The molecule has 1 aliphatic heterocycles. The summed E-state index contributed by atoms with van der Waals surface area (Å²) in [5.41, 5.74) is 0.788. The van der Waals surface area contributed by atoms with Crippen molar-refractivity contribution in [3.8, 4) is 22.9 Å². The summed E-state index contributed by atoms with van der Waals surface area (Å²) in [5, 5.41) is 7.00. The van der Waals surface area contributed by atoms with Gasteiger partial charge >= 0.3 is 0 Å². The summed E-state index contributed by atoms with van der Waals surface area (Å²) >= 11 is 0. The fraction of sp³-hybridized carbons (Fsp3) is 0.500. The van der Waals surface area contributed by atoms with Gasteiger partial charge in [0.15, 0.2) is 11.5 Å². The number of aromatic nitrogens is 2. The standard InChI is InChI=1S/C18H23N3O4/c1-11(2)24-14-8-7-12(9-15(14)23-3)18-20-17(25-21-18)10-13-5-4-6-16(22)19-13/h7-9,11,13H,4-6,10H2,1-3H3,(H,19,22). The highest BCUT2D eigenvalue weighted by molar-refractivity contribution is 5.76. The lowest BCUT2D eigenvalue weighted by molar-refractivity contribution is -0.123. The molecule has 1 atom stereocenters. The number of benzene rings is 1. The highest BCUT2D eigenvalue weighted by atomic mass is 16.5. The number of piperidine rings is 1. The Labute approximate surface area is 146 Å². The average Bonchev–Trinajstić information content (AvgIpc) is 3.03. The van der Waals surface area contributed by atoms with Crippen LogP contribution in [0.1, 0.15) is 39.0 Å². The third kappa shape index (κ3) is 4.29. The molecule has 7 heteroatoms. The van der Waals surface area contributed by atoms with Crippen LogP contribution in [0.5, 0.6) is 11.5 Å². The minimum Gasteiger partial charge on any atom is -0.493 e. The van der Waals surface area contributed by atoms with Crippen LogP contribution in [-0.4, -0.2) is 35.3 Å². The van der Waals surface area contributed by atoms with Gasteiger partial charge in [-0.2, -0.15) is 4.98 Å². The van der Waals surface area contributed by atoms with Crippen molar-refractivity contribution in [2.24, 2.45) is 0 Å². The molecule has 1 N–H and O–H groups in total.